The number of carboxylic acid groups (broad SMARTS) is 2. The maximum absolute atomic E-state index is 10.8. The summed E-state index contributed by atoms with van der Waals surface area (Å²) in [6.45, 7) is 5.67. The van der Waals surface area contributed by atoms with Crippen molar-refractivity contribution in [3.8, 4) is 11.1 Å². The first-order chi connectivity index (χ1) is 14.9. The average molecular weight is 421 g/mol. The Balaban J connectivity index is 0.000000187. The second kappa shape index (κ2) is 10.0. The fourth-order valence-electron chi connectivity index (χ4n) is 3.45. The number of carboxylic acids is 2. The van der Waals surface area contributed by atoms with Crippen molar-refractivity contribution in [3.63, 3.8) is 0 Å². The van der Waals surface area contributed by atoms with Crippen LogP contribution in [-0.2, 0) is 9.59 Å². The van der Waals surface area contributed by atoms with Gasteiger partial charge in [0.2, 0.25) is 0 Å². The fourth-order valence-corrected chi connectivity index (χ4v) is 3.45. The van der Waals surface area contributed by atoms with E-state index in [0.29, 0.717) is 0 Å². The highest BCUT2D eigenvalue weighted by Crippen LogP contribution is 2.31. The lowest BCUT2D eigenvalue weighted by Crippen LogP contribution is -2.43. The van der Waals surface area contributed by atoms with Crippen LogP contribution in [0.2, 0.25) is 0 Å². The van der Waals surface area contributed by atoms with Crippen LogP contribution in [0.1, 0.15) is 13.3 Å². The number of rotatable bonds is 4. The number of nitrogens with one attached hydrogen (secondary N) is 1. The Kier molecular flexibility index (Phi) is 7.20. The van der Waals surface area contributed by atoms with E-state index in [0.717, 1.165) is 32.0 Å². The summed E-state index contributed by atoms with van der Waals surface area (Å²) in [4.78, 5) is 28.2. The smallest absolute Gasteiger partial charge is 0.331 e. The summed E-state index contributed by atoms with van der Waals surface area (Å²) in [6, 6.07) is 14.6. The van der Waals surface area contributed by atoms with Crippen molar-refractivity contribution in [2.45, 2.75) is 13.3 Å². The molecule has 2 aromatic rings. The molecule has 3 N–H and O–H groups in total. The van der Waals surface area contributed by atoms with E-state index in [9.17, 15) is 9.59 Å². The van der Waals surface area contributed by atoms with Gasteiger partial charge in [0.25, 0.3) is 0 Å². The monoisotopic (exact) mass is 421 g/mol. The minimum atomic E-state index is -1.08. The molecule has 1 atom stereocenters. The second-order valence-electron chi connectivity index (χ2n) is 7.76. The molecule has 4 rings (SSSR count). The van der Waals surface area contributed by atoms with Crippen LogP contribution >= 0.6 is 0 Å². The summed E-state index contributed by atoms with van der Waals surface area (Å²) in [7, 11) is 0. The van der Waals surface area contributed by atoms with Crippen LogP contribution in [0.15, 0.2) is 72.5 Å². The van der Waals surface area contributed by atoms with Crippen molar-refractivity contribution in [1.29, 1.82) is 0 Å². The molecule has 1 fully saturated rings. The van der Waals surface area contributed by atoms with Crippen molar-refractivity contribution < 1.29 is 19.8 Å². The van der Waals surface area contributed by atoms with E-state index < -0.39 is 17.4 Å². The SMILES string of the molecule is C[C@]1(C(=O)O)C=CC=C(C(=O)O)C1.c1ccc(-c2ccc(N3CCNCC3)nc2)cc1. The number of benzene rings is 1. The Bertz CT molecular complexity index is 964. The molecule has 0 spiro atoms. The standard InChI is InChI=1S/C15H17N3.C9H10O4/c1-2-4-13(5-3-1)14-6-7-15(17-12-14)18-10-8-16-9-11-18;1-9(8(12)13)4-2-3-6(5-9)7(10)11/h1-7,12,16H,8-11H2;2-4H,5H2,1H3,(H,10,11)(H,12,13)/t;9-/m.0/s1. The van der Waals surface area contributed by atoms with Gasteiger partial charge < -0.3 is 20.4 Å². The quantitative estimate of drug-likeness (QED) is 0.697. The van der Waals surface area contributed by atoms with Gasteiger partial charge in [0.1, 0.15) is 5.82 Å². The molecule has 2 heterocycles. The number of aromatic nitrogens is 1. The molecular weight excluding hydrogens is 394 g/mol. The molecule has 7 heteroatoms. The maximum atomic E-state index is 10.8. The molecule has 0 radical (unpaired) electrons. The predicted octanol–water partition coefficient (Wildman–Crippen LogP) is 3.21. The molecule has 7 nitrogen and oxygen atoms in total. The van der Waals surface area contributed by atoms with Crippen molar-refractivity contribution in [1.82, 2.24) is 10.3 Å². The Morgan fingerprint density at radius 1 is 1.03 bits per heavy atom. The number of hydrogen-bond donors (Lipinski definition) is 3. The zero-order valence-electron chi connectivity index (χ0n) is 17.5. The summed E-state index contributed by atoms with van der Waals surface area (Å²) in [5, 5.41) is 20.8. The van der Waals surface area contributed by atoms with E-state index in [1.807, 2.05) is 12.3 Å². The number of pyridine rings is 1. The van der Waals surface area contributed by atoms with Crippen molar-refractivity contribution >= 4 is 17.8 Å². The van der Waals surface area contributed by atoms with Crippen LogP contribution in [0.5, 0.6) is 0 Å². The Hall–Kier alpha value is -3.45. The highest BCUT2D eigenvalue weighted by molar-refractivity contribution is 5.90. The largest absolute Gasteiger partial charge is 0.481 e. The molecule has 31 heavy (non-hydrogen) atoms. The Labute approximate surface area is 181 Å². The summed E-state index contributed by atoms with van der Waals surface area (Å²) in [5.41, 5.74) is 1.45. The van der Waals surface area contributed by atoms with E-state index in [1.165, 1.54) is 36.3 Å². The van der Waals surface area contributed by atoms with Gasteiger partial charge in [-0.05, 0) is 31.0 Å². The first kappa shape index (κ1) is 22.2. The zero-order valence-corrected chi connectivity index (χ0v) is 17.5. The van der Waals surface area contributed by atoms with Crippen molar-refractivity contribution in [3.05, 3.63) is 72.5 Å². The number of carbonyl (C=O) groups is 2. The lowest BCUT2D eigenvalue weighted by molar-refractivity contribution is -0.145. The molecule has 1 aromatic heterocycles. The number of aliphatic carboxylic acids is 2. The molecular formula is C24H27N3O4. The first-order valence-electron chi connectivity index (χ1n) is 10.2. The van der Waals surface area contributed by atoms with E-state index >= 15 is 0 Å². The van der Waals surface area contributed by atoms with Gasteiger partial charge in [-0.3, -0.25) is 4.79 Å². The number of nitrogens with zero attached hydrogens (tertiary/aromatic N) is 2. The molecule has 1 aliphatic heterocycles. The zero-order chi connectivity index (χ0) is 22.3. The van der Waals surface area contributed by atoms with Crippen LogP contribution in [0.3, 0.4) is 0 Å². The van der Waals surface area contributed by atoms with Gasteiger partial charge >= 0.3 is 11.9 Å². The van der Waals surface area contributed by atoms with E-state index in [2.05, 4.69) is 51.6 Å². The van der Waals surface area contributed by atoms with Gasteiger partial charge in [-0.15, -0.1) is 0 Å². The molecule has 0 bridgehead atoms. The van der Waals surface area contributed by atoms with E-state index in [-0.39, 0.29) is 12.0 Å². The van der Waals surface area contributed by atoms with Gasteiger partial charge in [-0.1, -0.05) is 48.6 Å². The number of anilines is 1. The number of hydrogen-bond acceptors (Lipinski definition) is 5. The topological polar surface area (TPSA) is 103 Å². The summed E-state index contributed by atoms with van der Waals surface area (Å²) >= 11 is 0. The Morgan fingerprint density at radius 3 is 2.32 bits per heavy atom. The minimum Gasteiger partial charge on any atom is -0.481 e. The molecule has 1 aromatic carbocycles. The third kappa shape index (κ3) is 5.79. The minimum absolute atomic E-state index is 0.0359. The molecule has 1 aliphatic carbocycles. The average Bonchev–Trinajstić information content (AvgIpc) is 2.81. The summed E-state index contributed by atoms with van der Waals surface area (Å²) in [6.07, 6.45) is 6.40. The van der Waals surface area contributed by atoms with Gasteiger partial charge in [0, 0.05) is 43.5 Å². The normalized spacial score (nSPS) is 20.3. The molecule has 0 unspecified atom stereocenters. The predicted molar refractivity (Wildman–Crippen MR) is 120 cm³/mol. The maximum Gasteiger partial charge on any atom is 0.331 e. The fraction of sp³-hybridized carbons (Fsp3) is 0.292. The van der Waals surface area contributed by atoms with Crippen molar-refractivity contribution in [2.24, 2.45) is 5.41 Å². The summed E-state index contributed by atoms with van der Waals surface area (Å²) in [5.74, 6) is -0.983. The molecule has 2 aliphatic rings. The summed E-state index contributed by atoms with van der Waals surface area (Å²) < 4.78 is 0. The van der Waals surface area contributed by atoms with E-state index in [1.54, 1.807) is 0 Å². The lowest BCUT2D eigenvalue weighted by atomic mass is 9.80. The number of piperazine rings is 1. The molecule has 0 saturated carbocycles. The van der Waals surface area contributed by atoms with Crippen LogP contribution in [0, 0.1) is 5.41 Å². The number of allylic oxidation sites excluding steroid dienone is 2. The Morgan fingerprint density at radius 2 is 1.74 bits per heavy atom. The van der Waals surface area contributed by atoms with Crippen LogP contribution in [0.4, 0.5) is 5.82 Å². The van der Waals surface area contributed by atoms with Crippen molar-refractivity contribution in [2.75, 3.05) is 31.1 Å². The first-order valence-corrected chi connectivity index (χ1v) is 10.2. The highest BCUT2D eigenvalue weighted by atomic mass is 16.4. The second-order valence-corrected chi connectivity index (χ2v) is 7.76. The van der Waals surface area contributed by atoms with E-state index in [4.69, 9.17) is 10.2 Å². The van der Waals surface area contributed by atoms with Gasteiger partial charge in [-0.2, -0.15) is 0 Å². The molecule has 1 saturated heterocycles. The van der Waals surface area contributed by atoms with Crippen LogP contribution < -0.4 is 10.2 Å². The van der Waals surface area contributed by atoms with Gasteiger partial charge in [-0.25, -0.2) is 9.78 Å². The van der Waals surface area contributed by atoms with Crippen LogP contribution in [0.25, 0.3) is 11.1 Å². The molecule has 162 valence electrons. The molecule has 0 amide bonds. The lowest BCUT2D eigenvalue weighted by Gasteiger charge is -2.28. The van der Waals surface area contributed by atoms with Gasteiger partial charge in [0.05, 0.1) is 5.41 Å². The highest BCUT2D eigenvalue weighted by Gasteiger charge is 2.34. The van der Waals surface area contributed by atoms with Crippen LogP contribution in [-0.4, -0.2) is 53.3 Å². The third-order valence-corrected chi connectivity index (χ3v) is 5.38. The third-order valence-electron chi connectivity index (χ3n) is 5.38. The van der Waals surface area contributed by atoms with Gasteiger partial charge in [0.15, 0.2) is 0 Å².